The molecule has 8 nitrogen and oxygen atoms in total. The molecule has 1 aromatic carbocycles. The second-order valence-electron chi connectivity index (χ2n) is 5.71. The summed E-state index contributed by atoms with van der Waals surface area (Å²) in [6.07, 6.45) is 6.11. The maximum Gasteiger partial charge on any atom is 0.250 e. The zero-order chi connectivity index (χ0) is 17.9. The Hall–Kier alpha value is -3.68. The maximum atomic E-state index is 12.6. The Morgan fingerprint density at radius 1 is 1.23 bits per heavy atom. The van der Waals surface area contributed by atoms with Crippen LogP contribution >= 0.6 is 0 Å². The number of para-hydroxylation sites is 1. The highest BCUT2D eigenvalue weighted by atomic mass is 16.3. The summed E-state index contributed by atoms with van der Waals surface area (Å²) in [5.41, 5.74) is 2.37. The quantitative estimate of drug-likeness (QED) is 0.599. The van der Waals surface area contributed by atoms with Gasteiger partial charge in [0, 0.05) is 11.6 Å². The molecule has 0 bridgehead atoms. The van der Waals surface area contributed by atoms with Gasteiger partial charge in [-0.3, -0.25) is 4.79 Å². The molecule has 3 heterocycles. The van der Waals surface area contributed by atoms with Gasteiger partial charge in [0.2, 0.25) is 5.91 Å². The van der Waals surface area contributed by atoms with Gasteiger partial charge < -0.3 is 9.73 Å². The number of hydrogen-bond acceptors (Lipinski definition) is 5. The summed E-state index contributed by atoms with van der Waals surface area (Å²) in [7, 11) is 0. The molecular weight excluding hydrogens is 332 g/mol. The molecule has 0 spiro atoms. The maximum absolute atomic E-state index is 12.6. The highest BCUT2D eigenvalue weighted by molar-refractivity contribution is 5.93. The lowest BCUT2D eigenvalue weighted by Gasteiger charge is -2.13. The van der Waals surface area contributed by atoms with Crippen LogP contribution in [0, 0.1) is 0 Å². The molecular formula is C18H16N6O2. The van der Waals surface area contributed by atoms with Crippen LogP contribution in [0.5, 0.6) is 0 Å². The van der Waals surface area contributed by atoms with E-state index in [1.807, 2.05) is 42.5 Å². The van der Waals surface area contributed by atoms with Crippen molar-refractivity contribution in [1.82, 2.24) is 24.5 Å². The summed E-state index contributed by atoms with van der Waals surface area (Å²) in [6, 6.07) is 12.7. The second kappa shape index (κ2) is 6.67. The van der Waals surface area contributed by atoms with Gasteiger partial charge in [0.05, 0.1) is 23.9 Å². The standard InChI is InChI=1S/C18H16N6O2/c1-13(23-12-19-11-20-23)18(25)21-17-9-16(14-7-8-26-10-14)22-24(17)15-5-3-2-4-6-15/h2-13H,1H3,(H,21,25)/t13-/m1/s1. The molecule has 0 unspecified atom stereocenters. The first kappa shape index (κ1) is 15.8. The van der Waals surface area contributed by atoms with Crippen molar-refractivity contribution in [3.63, 3.8) is 0 Å². The minimum absolute atomic E-state index is 0.216. The second-order valence-corrected chi connectivity index (χ2v) is 5.71. The zero-order valence-electron chi connectivity index (χ0n) is 14.0. The van der Waals surface area contributed by atoms with Crippen molar-refractivity contribution in [3.8, 4) is 16.9 Å². The van der Waals surface area contributed by atoms with Crippen LogP contribution in [0.25, 0.3) is 16.9 Å². The first-order chi connectivity index (χ1) is 12.7. The normalized spacial score (nSPS) is 12.0. The summed E-state index contributed by atoms with van der Waals surface area (Å²) in [6.45, 7) is 1.75. The third-order valence-electron chi connectivity index (χ3n) is 3.99. The van der Waals surface area contributed by atoms with Gasteiger partial charge in [-0.05, 0) is 25.1 Å². The van der Waals surface area contributed by atoms with E-state index in [1.165, 1.54) is 17.3 Å². The predicted octanol–water partition coefficient (Wildman–Crippen LogP) is 2.92. The van der Waals surface area contributed by atoms with Crippen LogP contribution < -0.4 is 5.32 Å². The largest absolute Gasteiger partial charge is 0.472 e. The third kappa shape index (κ3) is 3.00. The van der Waals surface area contributed by atoms with Gasteiger partial charge in [-0.25, -0.2) is 14.3 Å². The van der Waals surface area contributed by atoms with Crippen LogP contribution in [-0.4, -0.2) is 30.5 Å². The summed E-state index contributed by atoms with van der Waals surface area (Å²) in [4.78, 5) is 16.5. The molecule has 1 N–H and O–H groups in total. The SMILES string of the molecule is C[C@H](C(=O)Nc1cc(-c2ccoc2)nn1-c1ccccc1)n1cncn1. The van der Waals surface area contributed by atoms with E-state index in [9.17, 15) is 4.79 Å². The molecule has 26 heavy (non-hydrogen) atoms. The molecule has 8 heteroatoms. The molecule has 0 saturated carbocycles. The van der Waals surface area contributed by atoms with E-state index in [0.717, 1.165) is 11.3 Å². The molecule has 3 aromatic heterocycles. The number of nitrogens with one attached hydrogen (secondary N) is 1. The summed E-state index contributed by atoms with van der Waals surface area (Å²) in [5, 5.41) is 11.5. The van der Waals surface area contributed by atoms with Crippen molar-refractivity contribution in [2.45, 2.75) is 13.0 Å². The lowest BCUT2D eigenvalue weighted by molar-refractivity contribution is -0.119. The molecule has 130 valence electrons. The number of furan rings is 1. The van der Waals surface area contributed by atoms with Crippen molar-refractivity contribution < 1.29 is 9.21 Å². The minimum atomic E-state index is -0.506. The smallest absolute Gasteiger partial charge is 0.250 e. The number of benzene rings is 1. The highest BCUT2D eigenvalue weighted by Gasteiger charge is 2.19. The van der Waals surface area contributed by atoms with Crippen LogP contribution in [0.15, 0.2) is 72.1 Å². The van der Waals surface area contributed by atoms with Crippen molar-refractivity contribution in [3.05, 3.63) is 67.6 Å². The summed E-state index contributed by atoms with van der Waals surface area (Å²) >= 11 is 0. The van der Waals surface area contributed by atoms with Crippen molar-refractivity contribution in [1.29, 1.82) is 0 Å². The summed E-state index contributed by atoms with van der Waals surface area (Å²) in [5.74, 6) is 0.343. The van der Waals surface area contributed by atoms with Gasteiger partial charge in [-0.2, -0.15) is 10.2 Å². The first-order valence-electron chi connectivity index (χ1n) is 8.05. The van der Waals surface area contributed by atoms with Crippen molar-refractivity contribution in [2.75, 3.05) is 5.32 Å². The van der Waals surface area contributed by atoms with Gasteiger partial charge in [0.25, 0.3) is 0 Å². The molecule has 0 fully saturated rings. The van der Waals surface area contributed by atoms with E-state index >= 15 is 0 Å². The van der Waals surface area contributed by atoms with Gasteiger partial charge in [-0.1, -0.05) is 18.2 Å². The molecule has 0 radical (unpaired) electrons. The van der Waals surface area contributed by atoms with E-state index in [0.29, 0.717) is 11.5 Å². The van der Waals surface area contributed by atoms with E-state index in [2.05, 4.69) is 20.5 Å². The zero-order valence-corrected chi connectivity index (χ0v) is 14.0. The fraction of sp³-hybridized carbons (Fsp3) is 0.111. The van der Waals surface area contributed by atoms with E-state index in [4.69, 9.17) is 4.42 Å². The van der Waals surface area contributed by atoms with Crippen molar-refractivity contribution >= 4 is 11.7 Å². The summed E-state index contributed by atoms with van der Waals surface area (Å²) < 4.78 is 8.32. The van der Waals surface area contributed by atoms with E-state index in [-0.39, 0.29) is 5.91 Å². The van der Waals surface area contributed by atoms with Crippen LogP contribution in [0.2, 0.25) is 0 Å². The number of aromatic nitrogens is 5. The molecule has 0 aliphatic carbocycles. The topological polar surface area (TPSA) is 90.8 Å². The Balaban J connectivity index is 1.69. The van der Waals surface area contributed by atoms with Crippen LogP contribution in [0.1, 0.15) is 13.0 Å². The number of hydrogen-bond donors (Lipinski definition) is 1. The fourth-order valence-corrected chi connectivity index (χ4v) is 2.56. The average Bonchev–Trinajstić information content (AvgIpc) is 3.42. The number of carbonyl (C=O) groups is 1. The highest BCUT2D eigenvalue weighted by Crippen LogP contribution is 2.25. The lowest BCUT2D eigenvalue weighted by Crippen LogP contribution is -2.25. The Labute approximate surface area is 149 Å². The Morgan fingerprint density at radius 2 is 2.08 bits per heavy atom. The van der Waals surface area contributed by atoms with E-state index in [1.54, 1.807) is 24.1 Å². The molecule has 0 saturated heterocycles. The Kier molecular flexibility index (Phi) is 4.06. The van der Waals surface area contributed by atoms with E-state index < -0.39 is 6.04 Å². The average molecular weight is 348 g/mol. The van der Waals surface area contributed by atoms with Gasteiger partial charge in [-0.15, -0.1) is 0 Å². The van der Waals surface area contributed by atoms with Gasteiger partial charge >= 0.3 is 0 Å². The predicted molar refractivity (Wildman–Crippen MR) is 94.6 cm³/mol. The molecule has 4 rings (SSSR count). The molecule has 4 aromatic rings. The number of rotatable bonds is 5. The van der Waals surface area contributed by atoms with Crippen LogP contribution in [0.4, 0.5) is 5.82 Å². The number of anilines is 1. The van der Waals surface area contributed by atoms with Crippen molar-refractivity contribution in [2.24, 2.45) is 0 Å². The molecule has 0 aliphatic rings. The molecule has 1 atom stereocenters. The fourth-order valence-electron chi connectivity index (χ4n) is 2.56. The Bertz CT molecular complexity index is 990. The molecule has 0 aliphatic heterocycles. The lowest BCUT2D eigenvalue weighted by atomic mass is 10.2. The first-order valence-corrected chi connectivity index (χ1v) is 8.05. The van der Waals surface area contributed by atoms with Gasteiger partial charge in [0.15, 0.2) is 0 Å². The monoisotopic (exact) mass is 348 g/mol. The Morgan fingerprint density at radius 3 is 2.77 bits per heavy atom. The molecule has 1 amide bonds. The minimum Gasteiger partial charge on any atom is -0.472 e. The number of amides is 1. The number of nitrogens with zero attached hydrogens (tertiary/aromatic N) is 5. The third-order valence-corrected chi connectivity index (χ3v) is 3.99. The van der Waals surface area contributed by atoms with Gasteiger partial charge in [0.1, 0.15) is 24.5 Å². The van der Waals surface area contributed by atoms with Crippen LogP contribution in [-0.2, 0) is 4.79 Å². The number of carbonyl (C=O) groups excluding carboxylic acids is 1. The van der Waals surface area contributed by atoms with Crippen LogP contribution in [0.3, 0.4) is 0 Å².